The number of piperidine rings is 2. The topological polar surface area (TPSA) is 31.4 Å². The molecule has 1 aromatic carbocycles. The maximum absolute atomic E-state index is 13.5. The molecule has 160 valence electrons. The van der Waals surface area contributed by atoms with Crippen LogP contribution in [0.1, 0.15) is 25.7 Å². The van der Waals surface area contributed by atoms with Crippen molar-refractivity contribution in [1.29, 1.82) is 0 Å². The Morgan fingerprint density at radius 1 is 0.967 bits per heavy atom. The standard InChI is InChI=1S/C22H24F4N4/c23-16-7-5-14(6-8-16)18-11-19-20(27-17-4-2-9-29(19)13-17)28-21(18)30-10-1-3-15(12-30)22(24,25)26/h5-8,11,15,17H,1-4,9-10,12-13H2,(H,27,28)/t15?,17-/m0/s1. The Bertz CT molecular complexity index is 928. The van der Waals surface area contributed by atoms with Crippen LogP contribution in [0.5, 0.6) is 0 Å². The highest BCUT2D eigenvalue weighted by molar-refractivity contribution is 5.85. The molecule has 0 spiro atoms. The Hall–Kier alpha value is -2.51. The van der Waals surface area contributed by atoms with E-state index in [4.69, 9.17) is 4.98 Å². The number of hydrogen-bond acceptors (Lipinski definition) is 4. The van der Waals surface area contributed by atoms with E-state index in [1.165, 1.54) is 12.1 Å². The van der Waals surface area contributed by atoms with Crippen LogP contribution in [0.15, 0.2) is 30.3 Å². The second-order valence-corrected chi connectivity index (χ2v) is 8.49. The van der Waals surface area contributed by atoms with Gasteiger partial charge in [-0.15, -0.1) is 0 Å². The minimum Gasteiger partial charge on any atom is -0.366 e. The highest BCUT2D eigenvalue weighted by Crippen LogP contribution is 2.43. The van der Waals surface area contributed by atoms with Crippen LogP contribution >= 0.6 is 0 Å². The fourth-order valence-corrected chi connectivity index (χ4v) is 4.87. The van der Waals surface area contributed by atoms with E-state index in [0.29, 0.717) is 24.8 Å². The molecule has 4 nitrogen and oxygen atoms in total. The van der Waals surface area contributed by atoms with Crippen LogP contribution in [0.25, 0.3) is 11.1 Å². The van der Waals surface area contributed by atoms with E-state index in [0.717, 1.165) is 48.6 Å². The Kier molecular flexibility index (Phi) is 4.75. The summed E-state index contributed by atoms with van der Waals surface area (Å²) in [6.07, 6.45) is -1.46. The fraction of sp³-hybridized carbons (Fsp3) is 0.500. The molecule has 2 saturated heterocycles. The Morgan fingerprint density at radius 3 is 2.47 bits per heavy atom. The lowest BCUT2D eigenvalue weighted by Gasteiger charge is -2.42. The van der Waals surface area contributed by atoms with Gasteiger partial charge in [0.2, 0.25) is 0 Å². The quantitative estimate of drug-likeness (QED) is 0.688. The van der Waals surface area contributed by atoms with E-state index in [1.54, 1.807) is 17.0 Å². The molecule has 2 aromatic rings. The fourth-order valence-electron chi connectivity index (χ4n) is 4.87. The molecular formula is C22H24F4N4. The molecule has 0 aliphatic carbocycles. The van der Waals surface area contributed by atoms with E-state index >= 15 is 0 Å². The van der Waals surface area contributed by atoms with Gasteiger partial charge in [-0.3, -0.25) is 0 Å². The number of alkyl halides is 3. The van der Waals surface area contributed by atoms with E-state index in [2.05, 4.69) is 10.2 Å². The van der Waals surface area contributed by atoms with Gasteiger partial charge in [-0.1, -0.05) is 12.1 Å². The molecule has 8 heteroatoms. The van der Waals surface area contributed by atoms with Crippen molar-refractivity contribution in [3.63, 3.8) is 0 Å². The van der Waals surface area contributed by atoms with E-state index < -0.39 is 12.1 Å². The van der Waals surface area contributed by atoms with Crippen LogP contribution in [0, 0.1) is 11.7 Å². The van der Waals surface area contributed by atoms with Gasteiger partial charge in [0.25, 0.3) is 0 Å². The van der Waals surface area contributed by atoms with Crippen molar-refractivity contribution in [2.45, 2.75) is 37.9 Å². The van der Waals surface area contributed by atoms with Gasteiger partial charge >= 0.3 is 6.18 Å². The van der Waals surface area contributed by atoms with Gasteiger partial charge in [-0.2, -0.15) is 13.2 Å². The number of nitrogens with one attached hydrogen (secondary N) is 1. The zero-order valence-electron chi connectivity index (χ0n) is 16.6. The zero-order chi connectivity index (χ0) is 20.9. The van der Waals surface area contributed by atoms with E-state index in [-0.39, 0.29) is 18.8 Å². The van der Waals surface area contributed by atoms with Crippen molar-refractivity contribution in [2.75, 3.05) is 41.3 Å². The molecule has 30 heavy (non-hydrogen) atoms. The third kappa shape index (κ3) is 3.56. The van der Waals surface area contributed by atoms with Crippen LogP contribution in [0.4, 0.5) is 34.9 Å². The van der Waals surface area contributed by atoms with Crippen molar-refractivity contribution in [3.05, 3.63) is 36.1 Å². The van der Waals surface area contributed by atoms with Gasteiger partial charge in [0.1, 0.15) is 11.6 Å². The number of benzene rings is 1. The van der Waals surface area contributed by atoms with Crippen molar-refractivity contribution in [3.8, 4) is 11.1 Å². The number of rotatable bonds is 2. The average Bonchev–Trinajstić information content (AvgIpc) is 2.73. The van der Waals surface area contributed by atoms with Crippen LogP contribution in [-0.2, 0) is 0 Å². The molecule has 0 radical (unpaired) electrons. The largest absolute Gasteiger partial charge is 0.393 e. The number of nitrogens with zero attached hydrogens (tertiary/aromatic N) is 3. The molecule has 1 N–H and O–H groups in total. The SMILES string of the molecule is Fc1ccc(-c2cc3c(nc2N2CCCC(C(F)(F)F)C2)N[C@H]2CCCN3C2)cc1. The minimum absolute atomic E-state index is 0.101. The monoisotopic (exact) mass is 420 g/mol. The molecule has 2 atom stereocenters. The molecule has 3 aliphatic heterocycles. The molecular weight excluding hydrogens is 396 g/mol. The molecule has 5 rings (SSSR count). The third-order valence-electron chi connectivity index (χ3n) is 6.42. The Morgan fingerprint density at radius 2 is 1.70 bits per heavy atom. The number of aromatic nitrogens is 1. The molecule has 2 bridgehead atoms. The summed E-state index contributed by atoms with van der Waals surface area (Å²) < 4.78 is 53.8. The van der Waals surface area contributed by atoms with E-state index in [9.17, 15) is 17.6 Å². The first kappa shape index (κ1) is 19.5. The second-order valence-electron chi connectivity index (χ2n) is 8.49. The maximum atomic E-state index is 13.5. The molecule has 1 unspecified atom stereocenters. The van der Waals surface area contributed by atoms with Gasteiger partial charge in [0.15, 0.2) is 5.82 Å². The van der Waals surface area contributed by atoms with Crippen molar-refractivity contribution >= 4 is 17.3 Å². The lowest BCUT2D eigenvalue weighted by Crippen LogP contribution is -2.47. The van der Waals surface area contributed by atoms with Crippen LogP contribution in [0.2, 0.25) is 0 Å². The normalized spacial score (nSPS) is 23.7. The van der Waals surface area contributed by atoms with Gasteiger partial charge in [0, 0.05) is 37.8 Å². The first-order chi connectivity index (χ1) is 14.4. The number of fused-ring (bicyclic) bond motifs is 4. The summed E-state index contributed by atoms with van der Waals surface area (Å²) in [6.45, 7) is 2.27. The van der Waals surface area contributed by atoms with E-state index in [1.807, 2.05) is 6.07 Å². The summed E-state index contributed by atoms with van der Waals surface area (Å²) in [5.74, 6) is -0.424. The number of hydrogen-bond donors (Lipinski definition) is 1. The maximum Gasteiger partial charge on any atom is 0.393 e. The molecule has 2 fully saturated rings. The Labute approximate surface area is 172 Å². The second kappa shape index (κ2) is 7.32. The van der Waals surface area contributed by atoms with Gasteiger partial charge in [-0.25, -0.2) is 9.37 Å². The zero-order valence-corrected chi connectivity index (χ0v) is 16.6. The summed E-state index contributed by atoms with van der Waals surface area (Å²) in [5, 5.41) is 3.48. The summed E-state index contributed by atoms with van der Waals surface area (Å²) in [5.41, 5.74) is 2.48. The smallest absolute Gasteiger partial charge is 0.366 e. The van der Waals surface area contributed by atoms with Crippen LogP contribution in [0.3, 0.4) is 0 Å². The lowest BCUT2D eigenvalue weighted by atomic mass is 9.95. The summed E-state index contributed by atoms with van der Waals surface area (Å²) in [6, 6.07) is 8.42. The highest BCUT2D eigenvalue weighted by atomic mass is 19.4. The van der Waals surface area contributed by atoms with Crippen molar-refractivity contribution in [1.82, 2.24) is 4.98 Å². The lowest BCUT2D eigenvalue weighted by molar-refractivity contribution is -0.176. The highest BCUT2D eigenvalue weighted by Gasteiger charge is 2.42. The first-order valence-electron chi connectivity index (χ1n) is 10.5. The molecule has 0 saturated carbocycles. The third-order valence-corrected chi connectivity index (χ3v) is 6.42. The minimum atomic E-state index is -4.22. The summed E-state index contributed by atoms with van der Waals surface area (Å²) in [7, 11) is 0. The van der Waals surface area contributed by atoms with Crippen molar-refractivity contribution in [2.24, 2.45) is 5.92 Å². The summed E-state index contributed by atoms with van der Waals surface area (Å²) >= 11 is 0. The molecule has 4 heterocycles. The number of anilines is 3. The van der Waals surface area contributed by atoms with Crippen molar-refractivity contribution < 1.29 is 17.6 Å². The number of pyridine rings is 1. The summed E-state index contributed by atoms with van der Waals surface area (Å²) in [4.78, 5) is 8.89. The van der Waals surface area contributed by atoms with Crippen LogP contribution < -0.4 is 15.1 Å². The van der Waals surface area contributed by atoms with Crippen LogP contribution in [-0.4, -0.2) is 43.4 Å². The Balaban J connectivity index is 1.60. The van der Waals surface area contributed by atoms with Gasteiger partial charge in [0.05, 0.1) is 11.6 Å². The molecule has 1 aromatic heterocycles. The number of halogens is 4. The van der Waals surface area contributed by atoms with Gasteiger partial charge < -0.3 is 15.1 Å². The average molecular weight is 420 g/mol. The van der Waals surface area contributed by atoms with Gasteiger partial charge in [-0.05, 0) is 49.4 Å². The molecule has 3 aliphatic rings. The predicted octanol–water partition coefficient (Wildman–Crippen LogP) is 5.06. The predicted molar refractivity (Wildman–Crippen MR) is 109 cm³/mol. The first-order valence-corrected chi connectivity index (χ1v) is 10.5. The molecule has 0 amide bonds.